The Morgan fingerprint density at radius 3 is 2.48 bits per heavy atom. The first kappa shape index (κ1) is 30.3. The molecule has 2 fully saturated rings. The fourth-order valence-corrected chi connectivity index (χ4v) is 5.89. The highest BCUT2D eigenvalue weighted by molar-refractivity contribution is 6.33. The second-order valence-electron chi connectivity index (χ2n) is 11.2. The van der Waals surface area contributed by atoms with Crippen LogP contribution >= 0.6 is 11.6 Å². The quantitative estimate of drug-likeness (QED) is 0.295. The molecule has 2 N–H and O–H groups in total. The molecule has 1 atom stereocenters. The number of nitrogens with one attached hydrogen (secondary N) is 1. The summed E-state index contributed by atoms with van der Waals surface area (Å²) in [7, 11) is 0. The third-order valence-corrected chi connectivity index (χ3v) is 7.78. The van der Waals surface area contributed by atoms with Gasteiger partial charge in [0.2, 0.25) is 0 Å². The molecule has 0 bridgehead atoms. The first-order valence-corrected chi connectivity index (χ1v) is 13.8. The molecule has 1 aliphatic carbocycles. The van der Waals surface area contributed by atoms with Crippen LogP contribution in [0.5, 0.6) is 5.75 Å². The van der Waals surface area contributed by atoms with Gasteiger partial charge in [-0.05, 0) is 65.2 Å². The zero-order valence-electron chi connectivity index (χ0n) is 23.5. The summed E-state index contributed by atoms with van der Waals surface area (Å²) in [5.74, 6) is 1.53. The van der Waals surface area contributed by atoms with Crippen molar-refractivity contribution in [2.75, 3.05) is 24.6 Å². The van der Waals surface area contributed by atoms with Gasteiger partial charge in [0.15, 0.2) is 5.82 Å². The van der Waals surface area contributed by atoms with Gasteiger partial charge in [-0.15, -0.1) is 13.2 Å². The van der Waals surface area contributed by atoms with Crippen molar-refractivity contribution in [3.05, 3.63) is 40.1 Å². The summed E-state index contributed by atoms with van der Waals surface area (Å²) in [6.45, 7) is 10.7. The first-order valence-electron chi connectivity index (χ1n) is 13.4. The van der Waals surface area contributed by atoms with Gasteiger partial charge < -0.3 is 20.2 Å². The minimum atomic E-state index is -4.63. The summed E-state index contributed by atoms with van der Waals surface area (Å²) in [4.78, 5) is 11.8. The van der Waals surface area contributed by atoms with Crippen molar-refractivity contribution in [1.29, 1.82) is 5.41 Å². The number of aromatic nitrogens is 2. The zero-order valence-corrected chi connectivity index (χ0v) is 24.2. The number of anilines is 1. The van der Waals surface area contributed by atoms with E-state index in [1.807, 2.05) is 32.6 Å². The van der Waals surface area contributed by atoms with E-state index >= 15 is 0 Å². The van der Waals surface area contributed by atoms with Gasteiger partial charge in [0.05, 0.1) is 22.9 Å². The van der Waals surface area contributed by atoms with Crippen LogP contribution in [0.3, 0.4) is 0 Å². The lowest BCUT2D eigenvalue weighted by Gasteiger charge is -2.59. The minimum Gasteiger partial charge on any atom is -0.491 e. The molecule has 1 aromatic heterocycles. The number of nitrogens with zero attached hydrogens (tertiary/aromatic N) is 3. The molecule has 7 nitrogen and oxygen atoms in total. The summed E-state index contributed by atoms with van der Waals surface area (Å²) < 4.78 is 47.9. The van der Waals surface area contributed by atoms with Crippen molar-refractivity contribution in [3.63, 3.8) is 0 Å². The van der Waals surface area contributed by atoms with Crippen LogP contribution in [-0.4, -0.2) is 59.1 Å². The second kappa shape index (κ2) is 11.7. The molecule has 11 heteroatoms. The van der Waals surface area contributed by atoms with E-state index in [1.165, 1.54) is 0 Å². The maximum atomic E-state index is 12.6. The van der Waals surface area contributed by atoms with Gasteiger partial charge in [-0.3, -0.25) is 4.74 Å². The summed E-state index contributed by atoms with van der Waals surface area (Å²) in [5.41, 5.74) is 3.69. The largest absolute Gasteiger partial charge is 0.522 e. The predicted molar refractivity (Wildman–Crippen MR) is 150 cm³/mol. The monoisotopic (exact) mass is 580 g/mol. The molecule has 0 radical (unpaired) electrons. The van der Waals surface area contributed by atoms with Crippen LogP contribution in [0.25, 0.3) is 17.0 Å². The zero-order chi connectivity index (χ0) is 29.4. The van der Waals surface area contributed by atoms with Crippen molar-refractivity contribution < 1.29 is 27.8 Å². The van der Waals surface area contributed by atoms with Gasteiger partial charge in [0.1, 0.15) is 18.2 Å². The highest BCUT2D eigenvalue weighted by Crippen LogP contribution is 2.52. The SMILES string of the molecule is CCC[C@@H](O)COc1ccc(Cl)c(-c2nc(C(C(C)=N)=C(C)C)c(C)c(N3CC4(CC(OC(F)(F)F)C4)C3)n2)c1. The number of allylic oxidation sites excluding steroid dienone is 2. The highest BCUT2D eigenvalue weighted by atomic mass is 35.5. The lowest BCUT2D eigenvalue weighted by Crippen LogP contribution is -2.65. The van der Waals surface area contributed by atoms with E-state index < -0.39 is 18.6 Å². The number of aliphatic hydroxyl groups excluding tert-OH is 1. The maximum Gasteiger partial charge on any atom is 0.522 e. The van der Waals surface area contributed by atoms with Gasteiger partial charge >= 0.3 is 6.36 Å². The number of aliphatic hydroxyl groups is 1. The van der Waals surface area contributed by atoms with Crippen molar-refractivity contribution in [2.24, 2.45) is 5.41 Å². The molecule has 1 spiro atoms. The van der Waals surface area contributed by atoms with E-state index in [9.17, 15) is 18.3 Å². The third-order valence-electron chi connectivity index (χ3n) is 7.45. The molecule has 2 aromatic rings. The average molecular weight is 581 g/mol. The molecule has 2 aliphatic rings. The lowest BCUT2D eigenvalue weighted by molar-refractivity contribution is -0.360. The molecule has 1 aliphatic heterocycles. The molecule has 40 heavy (non-hydrogen) atoms. The van der Waals surface area contributed by atoms with E-state index in [2.05, 4.69) is 4.74 Å². The standard InChI is InChI=1S/C29H36ClF3N4O3/c1-6-7-19(38)13-39-20-8-9-23(30)22(10-20)26-35-25(24(16(2)3)18(5)34)17(4)27(36-26)37-14-28(15-37)11-21(12-28)40-29(31,32)33/h8-10,19,21,34,38H,6-7,11-15H2,1-5H3/t19-/m1/s1. The third kappa shape index (κ3) is 6.61. The summed E-state index contributed by atoms with van der Waals surface area (Å²) in [6.07, 6.45) is -3.86. The van der Waals surface area contributed by atoms with Crippen LogP contribution < -0.4 is 9.64 Å². The number of alkyl halides is 3. The fourth-order valence-electron chi connectivity index (χ4n) is 5.69. The van der Waals surface area contributed by atoms with Gasteiger partial charge in [0.25, 0.3) is 0 Å². The van der Waals surface area contributed by atoms with Crippen LogP contribution in [-0.2, 0) is 4.74 Å². The van der Waals surface area contributed by atoms with Crippen molar-refractivity contribution in [3.8, 4) is 17.1 Å². The predicted octanol–water partition coefficient (Wildman–Crippen LogP) is 6.98. The number of benzene rings is 1. The Labute approximate surface area is 237 Å². The van der Waals surface area contributed by atoms with Crippen molar-refractivity contribution in [1.82, 2.24) is 9.97 Å². The van der Waals surface area contributed by atoms with Crippen LogP contribution in [0.4, 0.5) is 19.0 Å². The summed E-state index contributed by atoms with van der Waals surface area (Å²) in [6, 6.07) is 5.15. The van der Waals surface area contributed by atoms with E-state index in [1.54, 1.807) is 25.1 Å². The first-order chi connectivity index (χ1) is 18.7. The van der Waals surface area contributed by atoms with Crippen LogP contribution in [0.15, 0.2) is 23.8 Å². The van der Waals surface area contributed by atoms with E-state index in [0.717, 1.165) is 17.6 Å². The normalized spacial score (nSPS) is 17.3. The number of hydrogen-bond donors (Lipinski definition) is 2. The van der Waals surface area contributed by atoms with Gasteiger partial charge in [-0.2, -0.15) is 0 Å². The summed E-state index contributed by atoms with van der Waals surface area (Å²) >= 11 is 6.61. The molecule has 4 rings (SSSR count). The summed E-state index contributed by atoms with van der Waals surface area (Å²) in [5, 5.41) is 18.9. The molecule has 0 unspecified atom stereocenters. The Morgan fingerprint density at radius 2 is 1.90 bits per heavy atom. The Kier molecular flexibility index (Phi) is 8.82. The molecule has 0 amide bonds. The molecule has 1 aromatic carbocycles. The molecule has 1 saturated heterocycles. The number of rotatable bonds is 10. The Hall–Kier alpha value is -2.69. The Bertz CT molecular complexity index is 1300. The Balaban J connectivity index is 1.68. The number of hydrogen-bond acceptors (Lipinski definition) is 7. The van der Waals surface area contributed by atoms with Gasteiger partial charge in [0, 0.05) is 40.9 Å². The maximum absolute atomic E-state index is 12.6. The highest BCUT2D eigenvalue weighted by Gasteiger charge is 2.55. The molecule has 218 valence electrons. The van der Waals surface area contributed by atoms with E-state index in [4.69, 9.17) is 31.7 Å². The van der Waals surface area contributed by atoms with Crippen LogP contribution in [0, 0.1) is 17.7 Å². The smallest absolute Gasteiger partial charge is 0.491 e. The van der Waals surface area contributed by atoms with E-state index in [-0.39, 0.29) is 12.0 Å². The van der Waals surface area contributed by atoms with Crippen LogP contribution in [0.2, 0.25) is 5.02 Å². The van der Waals surface area contributed by atoms with Crippen molar-refractivity contribution in [2.45, 2.75) is 78.9 Å². The van der Waals surface area contributed by atoms with Gasteiger partial charge in [-0.25, -0.2) is 9.97 Å². The molecule has 2 heterocycles. The number of ether oxygens (including phenoxy) is 2. The number of halogens is 4. The average Bonchev–Trinajstić information content (AvgIpc) is 2.80. The van der Waals surface area contributed by atoms with Crippen LogP contribution in [0.1, 0.15) is 64.6 Å². The Morgan fingerprint density at radius 1 is 1.23 bits per heavy atom. The molecular weight excluding hydrogens is 545 g/mol. The molecular formula is C29H36ClF3N4O3. The van der Waals surface area contributed by atoms with Crippen molar-refractivity contribution >= 4 is 28.7 Å². The second-order valence-corrected chi connectivity index (χ2v) is 11.6. The van der Waals surface area contributed by atoms with Gasteiger partial charge in [-0.1, -0.05) is 30.5 Å². The van der Waals surface area contributed by atoms with E-state index in [0.29, 0.717) is 77.3 Å². The lowest BCUT2D eigenvalue weighted by atomic mass is 9.61. The topological polar surface area (TPSA) is 91.6 Å². The fraction of sp³-hybridized carbons (Fsp3) is 0.552. The minimum absolute atomic E-state index is 0.143. The molecule has 1 saturated carbocycles.